The van der Waals surface area contributed by atoms with Gasteiger partial charge in [0, 0.05) is 32.7 Å². The summed E-state index contributed by atoms with van der Waals surface area (Å²) in [6, 6.07) is -0.136. The van der Waals surface area contributed by atoms with Gasteiger partial charge in [-0.1, -0.05) is 47.0 Å². The number of ether oxygens (including phenoxy) is 1. The molecular formula is C26H48N2O5. The summed E-state index contributed by atoms with van der Waals surface area (Å²) in [7, 11) is 0. The van der Waals surface area contributed by atoms with Crippen LogP contribution in [-0.4, -0.2) is 65.7 Å². The molecule has 0 radical (unpaired) electrons. The summed E-state index contributed by atoms with van der Waals surface area (Å²) in [5.74, 6) is -0.781. The van der Waals surface area contributed by atoms with E-state index < -0.39 is 5.97 Å². The molecule has 0 aromatic rings. The first-order chi connectivity index (χ1) is 15.5. The molecule has 1 saturated heterocycles. The first-order valence-corrected chi connectivity index (χ1v) is 12.9. The van der Waals surface area contributed by atoms with Crippen LogP contribution in [0.1, 0.15) is 105 Å². The number of rotatable bonds is 19. The Morgan fingerprint density at radius 3 is 1.88 bits per heavy atom. The molecule has 1 fully saturated rings. The summed E-state index contributed by atoms with van der Waals surface area (Å²) in [5, 5.41) is 8.82. The average Bonchev–Trinajstić information content (AvgIpc) is 3.01. The lowest BCUT2D eigenvalue weighted by atomic mass is 9.82. The summed E-state index contributed by atoms with van der Waals surface area (Å²) >= 11 is 0. The van der Waals surface area contributed by atoms with Crippen molar-refractivity contribution in [3.05, 3.63) is 0 Å². The molecule has 0 aromatic carbocycles. The highest BCUT2D eigenvalue weighted by Crippen LogP contribution is 2.30. The van der Waals surface area contributed by atoms with Crippen LogP contribution < -0.4 is 0 Å². The fourth-order valence-corrected chi connectivity index (χ4v) is 4.35. The van der Waals surface area contributed by atoms with Crippen molar-refractivity contribution < 1.29 is 24.2 Å². The Hall–Kier alpha value is -1.63. The lowest BCUT2D eigenvalue weighted by Crippen LogP contribution is -2.33. The van der Waals surface area contributed by atoms with Crippen molar-refractivity contribution in [1.82, 2.24) is 9.80 Å². The molecule has 33 heavy (non-hydrogen) atoms. The van der Waals surface area contributed by atoms with Crippen molar-refractivity contribution in [3.8, 4) is 0 Å². The number of amides is 3. The van der Waals surface area contributed by atoms with Crippen LogP contribution in [-0.2, 0) is 14.3 Å². The first kappa shape index (κ1) is 29.4. The Labute approximate surface area is 201 Å². The van der Waals surface area contributed by atoms with Gasteiger partial charge in [-0.05, 0) is 62.7 Å². The third kappa shape index (κ3) is 12.4. The van der Waals surface area contributed by atoms with Gasteiger partial charge in [-0.25, -0.2) is 4.79 Å². The smallest absolute Gasteiger partial charge is 0.327 e. The number of likely N-dealkylation sites (N-methyl/N-ethyl adjacent to an activating group) is 1. The second-order valence-electron chi connectivity index (χ2n) is 11.0. The number of carbonyl (C=O) groups is 3. The standard InChI is InChI=1S/C26H48N2O5/c1-6-27-21-22(29)28(24(27)32)18-10-7-14-25(2,3)15-8-11-19-33-20-12-9-16-26(4,5)17-13-23(30)31/h6-21H2,1-5H3,(H,30,31). The number of hydrogen-bond acceptors (Lipinski definition) is 4. The Morgan fingerprint density at radius 1 is 0.879 bits per heavy atom. The van der Waals surface area contributed by atoms with E-state index in [4.69, 9.17) is 9.84 Å². The van der Waals surface area contributed by atoms with Crippen molar-refractivity contribution in [2.75, 3.05) is 32.8 Å². The highest BCUT2D eigenvalue weighted by atomic mass is 16.5. The summed E-state index contributed by atoms with van der Waals surface area (Å²) in [6.07, 6.45) is 10.5. The normalized spacial score (nSPS) is 15.1. The number of unbranched alkanes of at least 4 members (excludes halogenated alkanes) is 3. The quantitative estimate of drug-likeness (QED) is 0.194. The zero-order valence-electron chi connectivity index (χ0n) is 21.8. The van der Waals surface area contributed by atoms with Crippen LogP contribution in [0.15, 0.2) is 0 Å². The van der Waals surface area contributed by atoms with E-state index in [0.29, 0.717) is 13.1 Å². The predicted octanol–water partition coefficient (Wildman–Crippen LogP) is 5.72. The topological polar surface area (TPSA) is 87.2 Å². The lowest BCUT2D eigenvalue weighted by molar-refractivity contribution is -0.137. The van der Waals surface area contributed by atoms with Crippen LogP contribution in [0.3, 0.4) is 0 Å². The SMILES string of the molecule is CCN1CC(=O)N(CCCCC(C)(C)CCCCOCCCCC(C)(C)CCC(=O)O)C1=O. The van der Waals surface area contributed by atoms with Crippen LogP contribution in [0.4, 0.5) is 4.79 Å². The molecule has 0 atom stereocenters. The van der Waals surface area contributed by atoms with Crippen molar-refractivity contribution >= 4 is 17.9 Å². The lowest BCUT2D eigenvalue weighted by Gasteiger charge is -2.25. The van der Waals surface area contributed by atoms with Gasteiger partial charge in [-0.15, -0.1) is 0 Å². The Morgan fingerprint density at radius 2 is 1.39 bits per heavy atom. The van der Waals surface area contributed by atoms with E-state index in [1.54, 1.807) is 4.90 Å². The van der Waals surface area contributed by atoms with Crippen LogP contribution in [0.5, 0.6) is 0 Å². The maximum atomic E-state index is 12.1. The molecule has 0 aliphatic carbocycles. The molecule has 192 valence electrons. The summed E-state index contributed by atoms with van der Waals surface area (Å²) in [4.78, 5) is 37.8. The number of urea groups is 1. The molecular weight excluding hydrogens is 420 g/mol. The fourth-order valence-electron chi connectivity index (χ4n) is 4.35. The number of aliphatic carboxylic acids is 1. The number of carboxylic acids is 1. The van der Waals surface area contributed by atoms with E-state index in [0.717, 1.165) is 77.4 Å². The number of nitrogens with zero attached hydrogens (tertiary/aromatic N) is 2. The zero-order valence-corrected chi connectivity index (χ0v) is 21.8. The van der Waals surface area contributed by atoms with Gasteiger partial charge in [0.2, 0.25) is 5.91 Å². The van der Waals surface area contributed by atoms with Gasteiger partial charge >= 0.3 is 12.0 Å². The maximum Gasteiger partial charge on any atom is 0.327 e. The molecule has 0 aromatic heterocycles. The molecule has 7 heteroatoms. The summed E-state index contributed by atoms with van der Waals surface area (Å²) in [5.41, 5.74) is 0.343. The van der Waals surface area contributed by atoms with Gasteiger partial charge in [-0.3, -0.25) is 14.5 Å². The van der Waals surface area contributed by atoms with Crippen LogP contribution in [0.25, 0.3) is 0 Å². The second-order valence-corrected chi connectivity index (χ2v) is 11.0. The van der Waals surface area contributed by atoms with Crippen LogP contribution >= 0.6 is 0 Å². The third-order valence-corrected chi connectivity index (χ3v) is 6.80. The Kier molecular flexibility index (Phi) is 13.0. The minimum absolute atomic E-state index is 0.0667. The first-order valence-electron chi connectivity index (χ1n) is 12.9. The van der Waals surface area contributed by atoms with E-state index >= 15 is 0 Å². The van der Waals surface area contributed by atoms with Crippen molar-refractivity contribution in [2.24, 2.45) is 10.8 Å². The van der Waals surface area contributed by atoms with E-state index in [1.165, 1.54) is 4.90 Å². The number of carboxylic acid groups (broad SMARTS) is 1. The van der Waals surface area contributed by atoms with E-state index in [9.17, 15) is 14.4 Å². The molecule has 0 spiro atoms. The number of hydrogen-bond donors (Lipinski definition) is 1. The van der Waals surface area contributed by atoms with E-state index in [1.807, 2.05) is 6.92 Å². The Bertz CT molecular complexity index is 618. The highest BCUT2D eigenvalue weighted by molar-refractivity contribution is 6.01. The van der Waals surface area contributed by atoms with E-state index in [-0.39, 0.29) is 35.7 Å². The predicted molar refractivity (Wildman–Crippen MR) is 131 cm³/mol. The molecule has 1 rings (SSSR count). The molecule has 7 nitrogen and oxygen atoms in total. The van der Waals surface area contributed by atoms with Gasteiger partial charge in [0.05, 0.1) is 0 Å². The minimum Gasteiger partial charge on any atom is -0.481 e. The molecule has 1 heterocycles. The molecule has 3 amide bonds. The molecule has 1 N–H and O–H groups in total. The zero-order chi connectivity index (χ0) is 24.9. The molecule has 0 unspecified atom stereocenters. The molecule has 1 aliphatic rings. The van der Waals surface area contributed by atoms with Crippen LogP contribution in [0, 0.1) is 10.8 Å². The fraction of sp³-hybridized carbons (Fsp3) is 0.885. The second kappa shape index (κ2) is 14.6. The monoisotopic (exact) mass is 468 g/mol. The van der Waals surface area contributed by atoms with Crippen LogP contribution in [0.2, 0.25) is 0 Å². The average molecular weight is 469 g/mol. The molecule has 1 aliphatic heterocycles. The molecule has 0 saturated carbocycles. The minimum atomic E-state index is -0.715. The van der Waals surface area contributed by atoms with E-state index in [2.05, 4.69) is 27.7 Å². The molecule has 0 bridgehead atoms. The van der Waals surface area contributed by atoms with Gasteiger partial charge < -0.3 is 14.7 Å². The number of imide groups is 1. The largest absolute Gasteiger partial charge is 0.481 e. The number of carbonyl (C=O) groups excluding carboxylic acids is 2. The van der Waals surface area contributed by atoms with Crippen molar-refractivity contribution in [1.29, 1.82) is 0 Å². The summed E-state index contributed by atoms with van der Waals surface area (Å²) in [6.45, 7) is 13.7. The Balaban J connectivity index is 2.03. The summed E-state index contributed by atoms with van der Waals surface area (Å²) < 4.78 is 5.79. The van der Waals surface area contributed by atoms with Crippen molar-refractivity contribution in [2.45, 2.75) is 105 Å². The third-order valence-electron chi connectivity index (χ3n) is 6.80. The maximum absolute atomic E-state index is 12.1. The van der Waals surface area contributed by atoms with Gasteiger partial charge in [0.15, 0.2) is 0 Å². The highest BCUT2D eigenvalue weighted by Gasteiger charge is 2.34. The van der Waals surface area contributed by atoms with Gasteiger partial charge in [-0.2, -0.15) is 0 Å². The van der Waals surface area contributed by atoms with Crippen molar-refractivity contribution in [3.63, 3.8) is 0 Å². The van der Waals surface area contributed by atoms with Gasteiger partial charge in [0.25, 0.3) is 0 Å². The van der Waals surface area contributed by atoms with Gasteiger partial charge in [0.1, 0.15) is 6.54 Å².